The van der Waals surface area contributed by atoms with Crippen LogP contribution >= 0.6 is 11.8 Å². The number of hydrogen-bond donors (Lipinski definition) is 1. The minimum atomic E-state index is 0.585. The van der Waals surface area contributed by atoms with Gasteiger partial charge in [0.15, 0.2) is 0 Å². The molecule has 0 radical (unpaired) electrons. The molecule has 1 unspecified atom stereocenters. The van der Waals surface area contributed by atoms with Crippen LogP contribution in [0.3, 0.4) is 0 Å². The van der Waals surface area contributed by atoms with Crippen molar-refractivity contribution in [3.8, 4) is 0 Å². The number of hydrogen-bond acceptors (Lipinski definition) is 3. The Morgan fingerprint density at radius 1 is 1.40 bits per heavy atom. The molecule has 0 amide bonds. The molecule has 2 heterocycles. The fourth-order valence-electron chi connectivity index (χ4n) is 2.69. The van der Waals surface area contributed by atoms with Crippen molar-refractivity contribution in [2.75, 3.05) is 12.3 Å². The van der Waals surface area contributed by atoms with Gasteiger partial charge in [0.05, 0.1) is 6.20 Å². The Labute approximate surface area is 124 Å². The normalized spacial score (nSPS) is 17.4. The molecule has 2 aromatic rings. The topological polar surface area (TPSA) is 29.9 Å². The van der Waals surface area contributed by atoms with Crippen molar-refractivity contribution >= 4 is 11.8 Å². The van der Waals surface area contributed by atoms with Crippen LogP contribution in [-0.2, 0) is 13.1 Å². The van der Waals surface area contributed by atoms with Crippen molar-refractivity contribution < 1.29 is 0 Å². The van der Waals surface area contributed by atoms with Crippen LogP contribution < -0.4 is 5.32 Å². The molecule has 1 aliphatic rings. The molecule has 1 aromatic carbocycles. The third-order valence-electron chi connectivity index (χ3n) is 3.96. The second kappa shape index (κ2) is 6.02. The van der Waals surface area contributed by atoms with Crippen LogP contribution in [0.1, 0.15) is 29.7 Å². The van der Waals surface area contributed by atoms with Gasteiger partial charge in [-0.2, -0.15) is 5.10 Å². The van der Waals surface area contributed by atoms with E-state index in [1.807, 2.05) is 18.0 Å². The Bertz CT molecular complexity index is 591. The Hall–Kier alpha value is -1.26. The van der Waals surface area contributed by atoms with E-state index in [0.29, 0.717) is 5.92 Å². The molecule has 0 saturated carbocycles. The first-order valence-corrected chi connectivity index (χ1v) is 8.22. The van der Waals surface area contributed by atoms with Gasteiger partial charge in [-0.3, -0.25) is 4.68 Å². The van der Waals surface area contributed by atoms with Crippen molar-refractivity contribution in [2.24, 2.45) is 0 Å². The number of benzene rings is 1. The summed E-state index contributed by atoms with van der Waals surface area (Å²) in [5.41, 5.74) is 4.09. The second-order valence-electron chi connectivity index (χ2n) is 5.26. The summed E-state index contributed by atoms with van der Waals surface area (Å²) >= 11 is 1.97. The van der Waals surface area contributed by atoms with Crippen LogP contribution in [0.2, 0.25) is 0 Å². The summed E-state index contributed by atoms with van der Waals surface area (Å²) < 4.78 is 2.17. The third kappa shape index (κ3) is 2.63. The van der Waals surface area contributed by atoms with Crippen molar-refractivity contribution in [1.82, 2.24) is 15.1 Å². The lowest BCUT2D eigenvalue weighted by Crippen LogP contribution is -2.14. The number of aromatic nitrogens is 2. The molecule has 1 aliphatic heterocycles. The van der Waals surface area contributed by atoms with Gasteiger partial charge in [-0.15, -0.1) is 11.8 Å². The molecule has 106 valence electrons. The SMILES string of the molecule is CCNCc1cnn(CC2CSc3ccccc32)c1C. The van der Waals surface area contributed by atoms with E-state index in [2.05, 4.69) is 53.2 Å². The van der Waals surface area contributed by atoms with Crippen LogP contribution in [0.5, 0.6) is 0 Å². The first-order valence-electron chi connectivity index (χ1n) is 7.23. The maximum Gasteiger partial charge on any atom is 0.0537 e. The van der Waals surface area contributed by atoms with Gasteiger partial charge in [-0.25, -0.2) is 0 Å². The summed E-state index contributed by atoms with van der Waals surface area (Å²) in [6, 6.07) is 8.76. The zero-order valence-electron chi connectivity index (χ0n) is 12.1. The monoisotopic (exact) mass is 287 g/mol. The number of thioether (sulfide) groups is 1. The standard InChI is InChI=1S/C16H21N3S/c1-3-17-8-13-9-18-19(12(13)2)10-14-11-20-16-7-5-4-6-15(14)16/h4-7,9,14,17H,3,8,10-11H2,1-2H3. The molecule has 20 heavy (non-hydrogen) atoms. The number of nitrogens with zero attached hydrogens (tertiary/aromatic N) is 2. The maximum atomic E-state index is 4.57. The van der Waals surface area contributed by atoms with Gasteiger partial charge in [0.1, 0.15) is 0 Å². The van der Waals surface area contributed by atoms with Crippen molar-refractivity contribution in [3.63, 3.8) is 0 Å². The van der Waals surface area contributed by atoms with Crippen molar-refractivity contribution in [3.05, 3.63) is 47.3 Å². The smallest absolute Gasteiger partial charge is 0.0537 e. The van der Waals surface area contributed by atoms with E-state index < -0.39 is 0 Å². The molecule has 1 atom stereocenters. The summed E-state index contributed by atoms with van der Waals surface area (Å²) in [5.74, 6) is 1.75. The van der Waals surface area contributed by atoms with Crippen LogP contribution in [0.4, 0.5) is 0 Å². The summed E-state index contributed by atoms with van der Waals surface area (Å²) in [5, 5.41) is 7.94. The molecule has 0 spiro atoms. The van der Waals surface area contributed by atoms with E-state index in [1.54, 1.807) is 0 Å². The van der Waals surface area contributed by atoms with Crippen LogP contribution in [0.25, 0.3) is 0 Å². The van der Waals surface area contributed by atoms with E-state index in [4.69, 9.17) is 0 Å². The molecule has 1 aromatic heterocycles. The van der Waals surface area contributed by atoms with Crippen LogP contribution in [0.15, 0.2) is 35.4 Å². The van der Waals surface area contributed by atoms with E-state index in [-0.39, 0.29) is 0 Å². The zero-order valence-corrected chi connectivity index (χ0v) is 12.9. The summed E-state index contributed by atoms with van der Waals surface area (Å²) in [4.78, 5) is 1.44. The van der Waals surface area contributed by atoms with Crippen LogP contribution in [0, 0.1) is 6.92 Å². The fourth-order valence-corrected chi connectivity index (χ4v) is 3.93. The van der Waals surface area contributed by atoms with Gasteiger partial charge >= 0.3 is 0 Å². The van der Waals surface area contributed by atoms with E-state index in [9.17, 15) is 0 Å². The maximum absolute atomic E-state index is 4.57. The highest BCUT2D eigenvalue weighted by molar-refractivity contribution is 7.99. The third-order valence-corrected chi connectivity index (χ3v) is 5.21. The Kier molecular flexibility index (Phi) is 4.13. The number of nitrogens with one attached hydrogen (secondary N) is 1. The number of fused-ring (bicyclic) bond motifs is 1. The molecule has 0 fully saturated rings. The average Bonchev–Trinajstić information content (AvgIpc) is 3.03. The highest BCUT2D eigenvalue weighted by atomic mass is 32.2. The van der Waals surface area contributed by atoms with E-state index in [1.165, 1.54) is 27.5 Å². The van der Waals surface area contributed by atoms with Gasteiger partial charge in [0.25, 0.3) is 0 Å². The molecule has 0 bridgehead atoms. The van der Waals surface area contributed by atoms with Crippen LogP contribution in [-0.4, -0.2) is 22.1 Å². The van der Waals surface area contributed by atoms with Gasteiger partial charge < -0.3 is 5.32 Å². The quantitative estimate of drug-likeness (QED) is 0.916. The van der Waals surface area contributed by atoms with Crippen molar-refractivity contribution in [2.45, 2.75) is 37.8 Å². The molecule has 4 heteroatoms. The predicted molar refractivity (Wildman–Crippen MR) is 84.3 cm³/mol. The first kappa shape index (κ1) is 13.7. The molecular weight excluding hydrogens is 266 g/mol. The lowest BCUT2D eigenvalue weighted by molar-refractivity contribution is 0.536. The highest BCUT2D eigenvalue weighted by Crippen LogP contribution is 2.40. The average molecular weight is 287 g/mol. The highest BCUT2D eigenvalue weighted by Gasteiger charge is 2.23. The summed E-state index contributed by atoms with van der Waals surface area (Å²) in [6.45, 7) is 7.21. The summed E-state index contributed by atoms with van der Waals surface area (Å²) in [6.07, 6.45) is 2.01. The first-order chi connectivity index (χ1) is 9.79. The lowest BCUT2D eigenvalue weighted by Gasteiger charge is -2.12. The van der Waals surface area contributed by atoms with E-state index in [0.717, 1.165) is 19.6 Å². The van der Waals surface area contributed by atoms with Gasteiger partial charge in [0.2, 0.25) is 0 Å². The molecule has 3 rings (SSSR count). The van der Waals surface area contributed by atoms with Gasteiger partial charge in [0, 0.05) is 40.9 Å². The molecule has 1 N–H and O–H groups in total. The minimum Gasteiger partial charge on any atom is -0.313 e. The molecule has 0 saturated heterocycles. The lowest BCUT2D eigenvalue weighted by atomic mass is 10.0. The zero-order chi connectivity index (χ0) is 13.9. The molecule has 3 nitrogen and oxygen atoms in total. The molecule has 0 aliphatic carbocycles. The van der Waals surface area contributed by atoms with Crippen molar-refractivity contribution in [1.29, 1.82) is 0 Å². The van der Waals surface area contributed by atoms with E-state index >= 15 is 0 Å². The van der Waals surface area contributed by atoms with Gasteiger partial charge in [-0.05, 0) is 25.1 Å². The molecular formula is C16H21N3S. The largest absolute Gasteiger partial charge is 0.313 e. The Balaban J connectivity index is 1.75. The predicted octanol–water partition coefficient (Wildman–Crippen LogP) is 3.19. The fraction of sp³-hybridized carbons (Fsp3) is 0.438. The Morgan fingerprint density at radius 2 is 2.25 bits per heavy atom. The minimum absolute atomic E-state index is 0.585. The number of rotatable bonds is 5. The Morgan fingerprint density at radius 3 is 3.10 bits per heavy atom. The second-order valence-corrected chi connectivity index (χ2v) is 6.33. The van der Waals surface area contributed by atoms with Gasteiger partial charge in [-0.1, -0.05) is 25.1 Å². The summed E-state index contributed by atoms with van der Waals surface area (Å²) in [7, 11) is 0.